The summed E-state index contributed by atoms with van der Waals surface area (Å²) in [5.74, 6) is 0.199. The minimum Gasteiger partial charge on any atom is -0.359 e. The van der Waals surface area contributed by atoms with Crippen LogP contribution in [0.1, 0.15) is 39.0 Å². The fourth-order valence-corrected chi connectivity index (χ4v) is 5.19. The van der Waals surface area contributed by atoms with Gasteiger partial charge in [0.15, 0.2) is 15.0 Å². The highest BCUT2D eigenvalue weighted by atomic mass is 32.2. The number of thiazole rings is 1. The van der Waals surface area contributed by atoms with Crippen LogP contribution in [0.2, 0.25) is 0 Å². The smallest absolute Gasteiger partial charge is 0.184 e. The second kappa shape index (κ2) is 5.93. The van der Waals surface area contributed by atoms with Gasteiger partial charge in [0, 0.05) is 6.04 Å². The summed E-state index contributed by atoms with van der Waals surface area (Å²) in [7, 11) is -3.16. The molecule has 0 amide bonds. The lowest BCUT2D eigenvalue weighted by atomic mass is 10.3. The summed E-state index contributed by atoms with van der Waals surface area (Å²) in [5.41, 5.74) is 0.871. The lowest BCUT2D eigenvalue weighted by Crippen LogP contribution is -2.13. The van der Waals surface area contributed by atoms with Crippen molar-refractivity contribution in [2.75, 3.05) is 11.1 Å². The second-order valence-corrected chi connectivity index (χ2v) is 8.73. The molecule has 3 rings (SSSR count). The summed E-state index contributed by atoms with van der Waals surface area (Å²) in [6, 6.07) is 5.77. The lowest BCUT2D eigenvalue weighted by molar-refractivity contribution is 0.595. The maximum atomic E-state index is 12.1. The van der Waals surface area contributed by atoms with Gasteiger partial charge in [-0.1, -0.05) is 31.1 Å². The van der Waals surface area contributed by atoms with Crippen molar-refractivity contribution in [1.82, 2.24) is 4.98 Å². The van der Waals surface area contributed by atoms with Gasteiger partial charge in [-0.15, -0.1) is 0 Å². The molecule has 1 aromatic heterocycles. The van der Waals surface area contributed by atoms with E-state index in [-0.39, 0.29) is 5.75 Å². The molecule has 0 saturated heterocycles. The van der Waals surface area contributed by atoms with Gasteiger partial charge >= 0.3 is 0 Å². The minimum atomic E-state index is -3.16. The molecule has 2 aromatic rings. The second-order valence-electron chi connectivity index (χ2n) is 5.59. The van der Waals surface area contributed by atoms with Crippen molar-refractivity contribution in [3.05, 3.63) is 18.2 Å². The summed E-state index contributed by atoms with van der Waals surface area (Å²) in [5, 5.41) is 4.38. The van der Waals surface area contributed by atoms with E-state index < -0.39 is 9.84 Å². The van der Waals surface area contributed by atoms with Gasteiger partial charge in [0.1, 0.15) is 0 Å². The Kier molecular flexibility index (Phi) is 4.17. The van der Waals surface area contributed by atoms with Crippen LogP contribution < -0.4 is 5.32 Å². The highest BCUT2D eigenvalue weighted by molar-refractivity contribution is 7.91. The molecule has 1 fully saturated rings. The van der Waals surface area contributed by atoms with Crippen molar-refractivity contribution in [2.24, 2.45) is 0 Å². The number of hydrogen-bond donors (Lipinski definition) is 1. The summed E-state index contributed by atoms with van der Waals surface area (Å²) in [6.07, 6.45) is 5.60. The Morgan fingerprint density at radius 1 is 1.33 bits per heavy atom. The number of rotatable bonds is 5. The molecule has 0 aliphatic heterocycles. The zero-order valence-electron chi connectivity index (χ0n) is 12.1. The van der Waals surface area contributed by atoms with Gasteiger partial charge in [-0.3, -0.25) is 0 Å². The van der Waals surface area contributed by atoms with Crippen molar-refractivity contribution in [1.29, 1.82) is 0 Å². The standard InChI is InChI=1S/C15H20N2O2S2/c1-2-9-21(18,19)12-7-8-13-14(10-12)20-15(17-13)16-11-5-3-4-6-11/h7-8,10-11H,2-6,9H2,1H3,(H,16,17). The highest BCUT2D eigenvalue weighted by Crippen LogP contribution is 2.31. The Labute approximate surface area is 129 Å². The predicted octanol–water partition coefficient (Wildman–Crippen LogP) is 3.83. The fourth-order valence-electron chi connectivity index (χ4n) is 2.79. The van der Waals surface area contributed by atoms with E-state index in [1.165, 1.54) is 25.7 Å². The zero-order chi connectivity index (χ0) is 14.9. The molecule has 6 heteroatoms. The average molecular weight is 324 g/mol. The van der Waals surface area contributed by atoms with E-state index >= 15 is 0 Å². The third-order valence-corrected chi connectivity index (χ3v) is 6.74. The van der Waals surface area contributed by atoms with E-state index in [4.69, 9.17) is 0 Å². The highest BCUT2D eigenvalue weighted by Gasteiger charge is 2.18. The van der Waals surface area contributed by atoms with E-state index in [2.05, 4.69) is 10.3 Å². The van der Waals surface area contributed by atoms with Crippen LogP contribution in [0.5, 0.6) is 0 Å². The molecule has 4 nitrogen and oxygen atoms in total. The third kappa shape index (κ3) is 3.21. The van der Waals surface area contributed by atoms with Crippen molar-refractivity contribution in [3.63, 3.8) is 0 Å². The van der Waals surface area contributed by atoms with Crippen LogP contribution in [0, 0.1) is 0 Å². The molecule has 0 radical (unpaired) electrons. The van der Waals surface area contributed by atoms with E-state index in [9.17, 15) is 8.42 Å². The maximum absolute atomic E-state index is 12.1. The third-order valence-electron chi connectivity index (χ3n) is 3.87. The van der Waals surface area contributed by atoms with Crippen LogP contribution >= 0.6 is 11.3 Å². The first kappa shape index (κ1) is 14.8. The van der Waals surface area contributed by atoms with Crippen LogP contribution in [-0.2, 0) is 9.84 Å². The summed E-state index contributed by atoms with van der Waals surface area (Å²) >= 11 is 1.55. The zero-order valence-corrected chi connectivity index (χ0v) is 13.8. The average Bonchev–Trinajstić information content (AvgIpc) is 3.06. The lowest BCUT2D eigenvalue weighted by Gasteiger charge is -2.09. The molecule has 1 N–H and O–H groups in total. The number of benzene rings is 1. The molecule has 0 spiro atoms. The Morgan fingerprint density at radius 2 is 2.10 bits per heavy atom. The first-order chi connectivity index (χ1) is 10.1. The molecule has 114 valence electrons. The molecule has 0 unspecified atom stereocenters. The predicted molar refractivity (Wildman–Crippen MR) is 87.8 cm³/mol. The van der Waals surface area contributed by atoms with E-state index in [1.807, 2.05) is 13.0 Å². The Bertz CT molecular complexity index is 731. The van der Waals surface area contributed by atoms with Crippen LogP contribution in [-0.4, -0.2) is 25.2 Å². The summed E-state index contributed by atoms with van der Waals surface area (Å²) in [6.45, 7) is 1.88. The van der Waals surface area contributed by atoms with Crippen molar-refractivity contribution >= 4 is 36.5 Å². The molecule has 1 saturated carbocycles. The Hall–Kier alpha value is -1.14. The van der Waals surface area contributed by atoms with Gasteiger partial charge in [0.2, 0.25) is 0 Å². The Morgan fingerprint density at radius 3 is 2.81 bits per heavy atom. The van der Waals surface area contributed by atoms with Gasteiger partial charge in [0.05, 0.1) is 20.9 Å². The van der Waals surface area contributed by atoms with Crippen molar-refractivity contribution < 1.29 is 8.42 Å². The van der Waals surface area contributed by atoms with Gasteiger partial charge < -0.3 is 5.32 Å². The summed E-state index contributed by atoms with van der Waals surface area (Å²) < 4.78 is 25.2. The SMILES string of the molecule is CCCS(=O)(=O)c1ccc2nc(NC3CCCC3)sc2c1. The fraction of sp³-hybridized carbons (Fsp3) is 0.533. The number of nitrogens with one attached hydrogen (secondary N) is 1. The normalized spacial score (nSPS) is 16.6. The number of anilines is 1. The largest absolute Gasteiger partial charge is 0.359 e. The number of aromatic nitrogens is 1. The van der Waals surface area contributed by atoms with Gasteiger partial charge in [-0.25, -0.2) is 13.4 Å². The van der Waals surface area contributed by atoms with Crippen molar-refractivity contribution in [3.8, 4) is 0 Å². The quantitative estimate of drug-likeness (QED) is 0.908. The molecular formula is C15H20N2O2S2. The monoisotopic (exact) mass is 324 g/mol. The number of nitrogens with zero attached hydrogens (tertiary/aromatic N) is 1. The topological polar surface area (TPSA) is 59.1 Å². The Balaban J connectivity index is 1.88. The molecule has 21 heavy (non-hydrogen) atoms. The van der Waals surface area contributed by atoms with Gasteiger partial charge in [-0.05, 0) is 37.5 Å². The minimum absolute atomic E-state index is 0.199. The number of fused-ring (bicyclic) bond motifs is 1. The van der Waals surface area contributed by atoms with E-state index in [1.54, 1.807) is 23.5 Å². The number of sulfone groups is 1. The van der Waals surface area contributed by atoms with Crippen LogP contribution in [0.15, 0.2) is 23.1 Å². The van der Waals surface area contributed by atoms with Crippen LogP contribution in [0.3, 0.4) is 0 Å². The summed E-state index contributed by atoms with van der Waals surface area (Å²) in [4.78, 5) is 4.97. The molecule has 0 atom stereocenters. The van der Waals surface area contributed by atoms with E-state index in [0.717, 1.165) is 15.3 Å². The first-order valence-corrected chi connectivity index (χ1v) is 9.95. The van der Waals surface area contributed by atoms with Crippen LogP contribution in [0.25, 0.3) is 10.2 Å². The molecule has 0 bridgehead atoms. The van der Waals surface area contributed by atoms with Gasteiger partial charge in [0.25, 0.3) is 0 Å². The molecular weight excluding hydrogens is 304 g/mol. The van der Waals surface area contributed by atoms with Crippen molar-refractivity contribution in [2.45, 2.75) is 50.0 Å². The molecule has 1 aliphatic rings. The maximum Gasteiger partial charge on any atom is 0.184 e. The first-order valence-electron chi connectivity index (χ1n) is 7.48. The molecule has 1 aromatic carbocycles. The van der Waals surface area contributed by atoms with Gasteiger partial charge in [-0.2, -0.15) is 0 Å². The molecule has 1 aliphatic carbocycles. The number of hydrogen-bond acceptors (Lipinski definition) is 5. The van der Waals surface area contributed by atoms with E-state index in [0.29, 0.717) is 17.4 Å². The molecule has 1 heterocycles. The van der Waals surface area contributed by atoms with Crippen LogP contribution in [0.4, 0.5) is 5.13 Å².